The van der Waals surface area contributed by atoms with Gasteiger partial charge in [0, 0.05) is 35.3 Å². The Kier molecular flexibility index (Phi) is 5.01. The highest BCUT2D eigenvalue weighted by molar-refractivity contribution is 5.78. The Morgan fingerprint density at radius 3 is 2.81 bits per heavy atom. The van der Waals surface area contributed by atoms with Crippen LogP contribution in [0.4, 0.5) is 0 Å². The van der Waals surface area contributed by atoms with Crippen molar-refractivity contribution in [3.63, 3.8) is 0 Å². The average molecular weight is 420 g/mol. The van der Waals surface area contributed by atoms with Gasteiger partial charge in [-0.2, -0.15) is 10.1 Å². The summed E-state index contributed by atoms with van der Waals surface area (Å²) in [6.07, 6.45) is 6.32. The van der Waals surface area contributed by atoms with Crippen LogP contribution in [0.1, 0.15) is 48.2 Å². The molecule has 3 aromatic rings. The Morgan fingerprint density at radius 1 is 1.23 bits per heavy atom. The molecule has 7 heteroatoms. The number of benzene rings is 1. The normalized spacial score (nSPS) is 24.9. The van der Waals surface area contributed by atoms with E-state index in [1.165, 1.54) is 11.9 Å². The zero-order chi connectivity index (χ0) is 21.6. The smallest absolute Gasteiger partial charge is 0.252 e. The van der Waals surface area contributed by atoms with E-state index in [1.807, 2.05) is 32.0 Å². The van der Waals surface area contributed by atoms with Gasteiger partial charge in [-0.1, -0.05) is 30.3 Å². The van der Waals surface area contributed by atoms with Crippen molar-refractivity contribution in [2.45, 2.75) is 64.5 Å². The second kappa shape index (κ2) is 7.71. The lowest BCUT2D eigenvalue weighted by molar-refractivity contribution is -0.133. The van der Waals surface area contributed by atoms with Crippen molar-refractivity contribution in [1.29, 1.82) is 0 Å². The van der Waals surface area contributed by atoms with E-state index in [0.717, 1.165) is 42.6 Å². The van der Waals surface area contributed by atoms with Crippen LogP contribution < -0.4 is 0 Å². The molecule has 0 radical (unpaired) electrons. The zero-order valence-electron chi connectivity index (χ0n) is 18.2. The summed E-state index contributed by atoms with van der Waals surface area (Å²) in [7, 11) is 0. The Bertz CT molecular complexity index is 1110. The minimum atomic E-state index is -0.229. The Labute approximate surface area is 182 Å². The van der Waals surface area contributed by atoms with Crippen LogP contribution in [0.3, 0.4) is 0 Å². The number of carbonyl (C=O) groups is 1. The van der Waals surface area contributed by atoms with Crippen molar-refractivity contribution in [3.05, 3.63) is 59.2 Å². The monoisotopic (exact) mass is 419 g/mol. The lowest BCUT2D eigenvalue weighted by Crippen LogP contribution is -2.44. The number of amides is 1. The predicted octanol–water partition coefficient (Wildman–Crippen LogP) is 2.66. The number of rotatable bonds is 6. The van der Waals surface area contributed by atoms with Crippen molar-refractivity contribution in [2.75, 3.05) is 6.61 Å². The molecule has 2 bridgehead atoms. The summed E-state index contributed by atoms with van der Waals surface area (Å²) in [5, 5.41) is 14.6. The van der Waals surface area contributed by atoms with Gasteiger partial charge in [-0.25, -0.2) is 9.50 Å². The number of fused-ring (bicyclic) bond motifs is 3. The third kappa shape index (κ3) is 3.31. The second-order valence-electron chi connectivity index (χ2n) is 9.17. The molecule has 0 unspecified atom stereocenters. The molecule has 2 saturated heterocycles. The summed E-state index contributed by atoms with van der Waals surface area (Å²) >= 11 is 0. The molecule has 2 aromatic heterocycles. The number of aliphatic hydroxyl groups is 1. The molecule has 7 nitrogen and oxygen atoms in total. The van der Waals surface area contributed by atoms with Crippen LogP contribution in [0, 0.1) is 19.3 Å². The van der Waals surface area contributed by atoms with Crippen molar-refractivity contribution < 1.29 is 9.90 Å². The molecular weight excluding hydrogens is 390 g/mol. The maximum atomic E-state index is 13.4. The van der Waals surface area contributed by atoms with Gasteiger partial charge in [0.1, 0.15) is 6.33 Å². The first-order chi connectivity index (χ1) is 15.0. The van der Waals surface area contributed by atoms with Gasteiger partial charge in [-0.15, -0.1) is 0 Å². The van der Waals surface area contributed by atoms with Crippen LogP contribution in [-0.4, -0.2) is 54.2 Å². The first-order valence-corrected chi connectivity index (χ1v) is 11.1. The van der Waals surface area contributed by atoms with E-state index in [4.69, 9.17) is 0 Å². The summed E-state index contributed by atoms with van der Waals surface area (Å²) in [4.78, 5) is 24.2. The van der Waals surface area contributed by atoms with E-state index in [1.54, 1.807) is 4.52 Å². The fourth-order valence-corrected chi connectivity index (χ4v) is 5.96. The molecule has 1 amide bonds. The molecule has 2 fully saturated rings. The Hall–Kier alpha value is -2.80. The number of carbonyl (C=O) groups excluding carboxylic acids is 1. The molecule has 1 N–H and O–H groups in total. The fraction of sp³-hybridized carbons (Fsp3) is 0.500. The highest BCUT2D eigenvalue weighted by Crippen LogP contribution is 2.51. The molecule has 0 saturated carbocycles. The van der Waals surface area contributed by atoms with Crippen LogP contribution in [-0.2, 0) is 17.6 Å². The topological polar surface area (TPSA) is 83.6 Å². The predicted molar refractivity (Wildman–Crippen MR) is 117 cm³/mol. The molecule has 0 aliphatic carbocycles. The standard InChI is InChI=1S/C24H29N5O2/c1-16-20(17(2)29-23(27-16)25-15-26-29)9-11-22(31)28-19-8-10-21(28)24(13-19,14-30)12-18-6-4-3-5-7-18/h3-7,15,19,21,30H,8-14H2,1-2H3/t19-,21+,24-/m0/s1. The Morgan fingerprint density at radius 2 is 2.03 bits per heavy atom. The van der Waals surface area contributed by atoms with Gasteiger partial charge in [0.2, 0.25) is 5.91 Å². The van der Waals surface area contributed by atoms with Crippen LogP contribution in [0.5, 0.6) is 0 Å². The third-order valence-electron chi connectivity index (χ3n) is 7.43. The van der Waals surface area contributed by atoms with Gasteiger partial charge in [0.15, 0.2) is 0 Å². The van der Waals surface area contributed by atoms with Crippen LogP contribution >= 0.6 is 0 Å². The largest absolute Gasteiger partial charge is 0.396 e. The minimum absolute atomic E-state index is 0.119. The van der Waals surface area contributed by atoms with Crippen LogP contribution in [0.25, 0.3) is 5.78 Å². The number of nitrogens with zero attached hydrogens (tertiary/aromatic N) is 5. The lowest BCUT2D eigenvalue weighted by atomic mass is 9.70. The maximum Gasteiger partial charge on any atom is 0.252 e. The van der Waals surface area contributed by atoms with E-state index < -0.39 is 0 Å². The number of aliphatic hydroxyl groups excluding tert-OH is 1. The number of aryl methyl sites for hydroxylation is 2. The number of hydrogen-bond donors (Lipinski definition) is 1. The molecule has 2 aliphatic rings. The number of hydrogen-bond acceptors (Lipinski definition) is 5. The van der Waals surface area contributed by atoms with Gasteiger partial charge in [-0.05, 0) is 57.1 Å². The first kappa shape index (κ1) is 20.1. The first-order valence-electron chi connectivity index (χ1n) is 11.1. The SMILES string of the molecule is Cc1nc2ncnn2c(C)c1CCC(=O)N1[C@H]2CC[C@@H]1[C@@](CO)(Cc1ccccc1)C2. The summed E-state index contributed by atoms with van der Waals surface area (Å²) in [5.41, 5.74) is 3.97. The van der Waals surface area contributed by atoms with Crippen molar-refractivity contribution >= 4 is 11.7 Å². The quantitative estimate of drug-likeness (QED) is 0.664. The molecule has 3 atom stereocenters. The van der Waals surface area contributed by atoms with Gasteiger partial charge in [0.25, 0.3) is 5.78 Å². The van der Waals surface area contributed by atoms with E-state index in [-0.39, 0.29) is 30.0 Å². The molecule has 4 heterocycles. The summed E-state index contributed by atoms with van der Waals surface area (Å²) in [6, 6.07) is 10.7. The van der Waals surface area contributed by atoms with E-state index >= 15 is 0 Å². The van der Waals surface area contributed by atoms with Gasteiger partial charge < -0.3 is 10.0 Å². The van der Waals surface area contributed by atoms with E-state index in [0.29, 0.717) is 18.6 Å². The highest BCUT2D eigenvalue weighted by Gasteiger charge is 2.56. The molecule has 0 spiro atoms. The average Bonchev–Trinajstić information content (AvgIpc) is 3.48. The molecule has 31 heavy (non-hydrogen) atoms. The van der Waals surface area contributed by atoms with Crippen LogP contribution in [0.2, 0.25) is 0 Å². The van der Waals surface area contributed by atoms with Crippen molar-refractivity contribution in [2.24, 2.45) is 5.41 Å². The molecule has 1 aromatic carbocycles. The Balaban J connectivity index is 1.33. The zero-order valence-corrected chi connectivity index (χ0v) is 18.2. The van der Waals surface area contributed by atoms with E-state index in [9.17, 15) is 9.90 Å². The minimum Gasteiger partial charge on any atom is -0.396 e. The molecular formula is C24H29N5O2. The van der Waals surface area contributed by atoms with Gasteiger partial charge in [0.05, 0.1) is 6.61 Å². The summed E-state index contributed by atoms with van der Waals surface area (Å²) in [5.74, 6) is 0.782. The maximum absolute atomic E-state index is 13.4. The van der Waals surface area contributed by atoms with Crippen LogP contribution in [0.15, 0.2) is 36.7 Å². The number of aromatic nitrogens is 4. The third-order valence-corrected chi connectivity index (χ3v) is 7.43. The van der Waals surface area contributed by atoms with E-state index in [2.05, 4.69) is 32.1 Å². The molecule has 2 aliphatic heterocycles. The van der Waals surface area contributed by atoms with Gasteiger partial charge in [-0.3, -0.25) is 4.79 Å². The highest BCUT2D eigenvalue weighted by atomic mass is 16.3. The van der Waals surface area contributed by atoms with Crippen molar-refractivity contribution in [1.82, 2.24) is 24.5 Å². The lowest BCUT2D eigenvalue weighted by Gasteiger charge is -2.36. The van der Waals surface area contributed by atoms with Gasteiger partial charge >= 0.3 is 0 Å². The molecule has 5 rings (SSSR count). The van der Waals surface area contributed by atoms with Crippen molar-refractivity contribution in [3.8, 4) is 0 Å². The second-order valence-corrected chi connectivity index (χ2v) is 9.17. The summed E-state index contributed by atoms with van der Waals surface area (Å²) in [6.45, 7) is 4.10. The molecule has 162 valence electrons. The summed E-state index contributed by atoms with van der Waals surface area (Å²) < 4.78 is 1.74. The fourth-order valence-electron chi connectivity index (χ4n) is 5.96.